The van der Waals surface area contributed by atoms with Crippen molar-refractivity contribution in [1.29, 1.82) is 0 Å². The van der Waals surface area contributed by atoms with Crippen LogP contribution < -0.4 is 0 Å². The second-order valence-corrected chi connectivity index (χ2v) is 8.21. The van der Waals surface area contributed by atoms with Gasteiger partial charge in [-0.25, -0.2) is 4.39 Å². The van der Waals surface area contributed by atoms with Crippen molar-refractivity contribution in [1.82, 2.24) is 9.80 Å². The second-order valence-electron chi connectivity index (χ2n) is 8.21. The average molecular weight is 423 g/mol. The van der Waals surface area contributed by atoms with E-state index in [0.717, 1.165) is 12.0 Å². The minimum absolute atomic E-state index is 0.0989. The van der Waals surface area contributed by atoms with Crippen LogP contribution in [0.4, 0.5) is 4.39 Å². The molecule has 31 heavy (non-hydrogen) atoms. The molecule has 6 heteroatoms. The normalized spacial score (nSPS) is 16.5. The summed E-state index contributed by atoms with van der Waals surface area (Å²) in [7, 11) is 0. The quantitative estimate of drug-likeness (QED) is 0.503. The molecular formula is C25H27FN2O3. The molecule has 2 aliphatic rings. The summed E-state index contributed by atoms with van der Waals surface area (Å²) in [6.07, 6.45) is 1.48. The second kappa shape index (κ2) is 9.02. The number of carbonyl (C=O) groups is 2. The van der Waals surface area contributed by atoms with Gasteiger partial charge in [-0.3, -0.25) is 14.5 Å². The number of fused-ring (bicyclic) bond motifs is 1. The summed E-state index contributed by atoms with van der Waals surface area (Å²) in [5.41, 5.74) is 3.76. The standard InChI is InChI=1S/C25H27FN2O3/c1-17(2)31-15-5-13-28-24(29)22(19-8-10-21(26)11-9-19)23(25(28)30)27-14-12-18-6-3-4-7-20(18)16-27/h3-4,6-11,17H,5,12-16H2,1-2H3. The molecule has 2 aromatic carbocycles. The van der Waals surface area contributed by atoms with Crippen molar-refractivity contribution < 1.29 is 18.7 Å². The Morgan fingerprint density at radius 2 is 1.71 bits per heavy atom. The Kier molecular flexibility index (Phi) is 6.18. The first kappa shape index (κ1) is 21.2. The number of amides is 2. The molecule has 2 heterocycles. The van der Waals surface area contributed by atoms with Crippen LogP contribution in [0.5, 0.6) is 0 Å². The number of rotatable bonds is 7. The van der Waals surface area contributed by atoms with E-state index in [9.17, 15) is 14.0 Å². The maximum atomic E-state index is 13.5. The Morgan fingerprint density at radius 3 is 2.42 bits per heavy atom. The predicted octanol–water partition coefficient (Wildman–Crippen LogP) is 3.78. The van der Waals surface area contributed by atoms with Gasteiger partial charge >= 0.3 is 0 Å². The molecule has 0 saturated heterocycles. The summed E-state index contributed by atoms with van der Waals surface area (Å²) in [6, 6.07) is 13.9. The number of benzene rings is 2. The fourth-order valence-electron chi connectivity index (χ4n) is 4.16. The van der Waals surface area contributed by atoms with Crippen LogP contribution >= 0.6 is 0 Å². The van der Waals surface area contributed by atoms with Crippen LogP contribution in [0, 0.1) is 5.82 Å². The number of imide groups is 1. The van der Waals surface area contributed by atoms with Gasteiger partial charge in [-0.2, -0.15) is 0 Å². The third kappa shape index (κ3) is 4.39. The Hall–Kier alpha value is -2.99. The van der Waals surface area contributed by atoms with Gasteiger partial charge in [0, 0.05) is 26.2 Å². The molecule has 0 atom stereocenters. The third-order valence-corrected chi connectivity index (χ3v) is 5.70. The van der Waals surface area contributed by atoms with Gasteiger partial charge < -0.3 is 9.64 Å². The van der Waals surface area contributed by atoms with Gasteiger partial charge in [-0.1, -0.05) is 36.4 Å². The highest BCUT2D eigenvalue weighted by atomic mass is 19.1. The van der Waals surface area contributed by atoms with Crippen molar-refractivity contribution in [3.8, 4) is 0 Å². The molecule has 0 aromatic heterocycles. The first-order chi connectivity index (χ1) is 15.0. The van der Waals surface area contributed by atoms with Gasteiger partial charge in [-0.05, 0) is 55.5 Å². The van der Waals surface area contributed by atoms with E-state index in [4.69, 9.17) is 4.74 Å². The Bertz CT molecular complexity index is 1010. The Balaban J connectivity index is 1.65. The maximum absolute atomic E-state index is 13.5. The molecule has 5 nitrogen and oxygen atoms in total. The van der Waals surface area contributed by atoms with E-state index in [1.54, 1.807) is 12.1 Å². The smallest absolute Gasteiger partial charge is 0.277 e. The Morgan fingerprint density at radius 1 is 1.00 bits per heavy atom. The van der Waals surface area contributed by atoms with Crippen LogP contribution in [0.1, 0.15) is 37.0 Å². The lowest BCUT2D eigenvalue weighted by Crippen LogP contribution is -2.38. The van der Waals surface area contributed by atoms with Crippen molar-refractivity contribution in [3.05, 3.63) is 76.7 Å². The molecule has 2 aromatic rings. The van der Waals surface area contributed by atoms with Gasteiger partial charge in [0.1, 0.15) is 11.5 Å². The van der Waals surface area contributed by atoms with E-state index in [0.29, 0.717) is 49.5 Å². The van der Waals surface area contributed by atoms with Crippen LogP contribution in [-0.2, 0) is 27.3 Å². The minimum Gasteiger partial charge on any atom is -0.379 e. The van der Waals surface area contributed by atoms with Crippen molar-refractivity contribution >= 4 is 17.4 Å². The maximum Gasteiger partial charge on any atom is 0.277 e. The molecule has 2 aliphatic heterocycles. The molecular weight excluding hydrogens is 395 g/mol. The van der Waals surface area contributed by atoms with Crippen LogP contribution in [0.3, 0.4) is 0 Å². The summed E-state index contributed by atoms with van der Waals surface area (Å²) in [6.45, 7) is 5.90. The summed E-state index contributed by atoms with van der Waals surface area (Å²) >= 11 is 0. The highest BCUT2D eigenvalue weighted by Crippen LogP contribution is 2.34. The van der Waals surface area contributed by atoms with Gasteiger partial charge in [0.2, 0.25) is 0 Å². The van der Waals surface area contributed by atoms with Crippen LogP contribution in [-0.4, -0.2) is 47.4 Å². The summed E-state index contributed by atoms with van der Waals surface area (Å²) in [5, 5.41) is 0. The monoisotopic (exact) mass is 422 g/mol. The summed E-state index contributed by atoms with van der Waals surface area (Å²) < 4.78 is 19.1. The first-order valence-electron chi connectivity index (χ1n) is 10.8. The van der Waals surface area contributed by atoms with Gasteiger partial charge in [0.05, 0.1) is 11.7 Å². The number of nitrogens with zero attached hydrogens (tertiary/aromatic N) is 2. The highest BCUT2D eigenvalue weighted by Gasteiger charge is 2.41. The molecule has 4 rings (SSSR count). The van der Waals surface area contributed by atoms with Gasteiger partial charge in [0.15, 0.2) is 0 Å². The number of halogens is 1. The van der Waals surface area contributed by atoms with Gasteiger partial charge in [-0.15, -0.1) is 0 Å². The van der Waals surface area contributed by atoms with E-state index in [1.807, 2.05) is 30.9 Å². The molecule has 0 saturated carbocycles. The average Bonchev–Trinajstić information content (AvgIpc) is 3.01. The molecule has 0 spiro atoms. The van der Waals surface area contributed by atoms with Crippen molar-refractivity contribution in [2.75, 3.05) is 19.7 Å². The van der Waals surface area contributed by atoms with E-state index >= 15 is 0 Å². The highest BCUT2D eigenvalue weighted by molar-refractivity contribution is 6.35. The Labute approximate surface area is 182 Å². The zero-order chi connectivity index (χ0) is 22.0. The lowest BCUT2D eigenvalue weighted by Gasteiger charge is -2.31. The SMILES string of the molecule is CC(C)OCCCN1C(=O)C(c2ccc(F)cc2)=C(N2CCc3ccccc3C2)C1=O. The molecule has 0 fully saturated rings. The fraction of sp³-hybridized carbons (Fsp3) is 0.360. The number of carbonyl (C=O) groups excluding carboxylic acids is 2. The molecule has 0 aliphatic carbocycles. The van der Waals surface area contributed by atoms with Crippen LogP contribution in [0.15, 0.2) is 54.2 Å². The van der Waals surface area contributed by atoms with Crippen molar-refractivity contribution in [2.45, 2.75) is 39.3 Å². The zero-order valence-corrected chi connectivity index (χ0v) is 17.9. The summed E-state index contributed by atoms with van der Waals surface area (Å²) in [5.74, 6) is -0.986. The van der Waals surface area contributed by atoms with Crippen molar-refractivity contribution in [2.24, 2.45) is 0 Å². The molecule has 0 N–H and O–H groups in total. The van der Waals surface area contributed by atoms with E-state index in [-0.39, 0.29) is 23.7 Å². The van der Waals surface area contributed by atoms with E-state index in [2.05, 4.69) is 12.1 Å². The molecule has 0 radical (unpaired) electrons. The molecule has 2 amide bonds. The van der Waals surface area contributed by atoms with Crippen LogP contribution in [0.25, 0.3) is 5.57 Å². The topological polar surface area (TPSA) is 49.9 Å². The lowest BCUT2D eigenvalue weighted by atomic mass is 9.98. The number of hydrogen-bond donors (Lipinski definition) is 0. The third-order valence-electron chi connectivity index (χ3n) is 5.70. The van der Waals surface area contributed by atoms with Crippen LogP contribution in [0.2, 0.25) is 0 Å². The fourth-order valence-corrected chi connectivity index (χ4v) is 4.16. The number of hydrogen-bond acceptors (Lipinski definition) is 4. The largest absolute Gasteiger partial charge is 0.379 e. The molecule has 0 unspecified atom stereocenters. The zero-order valence-electron chi connectivity index (χ0n) is 17.9. The summed E-state index contributed by atoms with van der Waals surface area (Å²) in [4.78, 5) is 30.0. The lowest BCUT2D eigenvalue weighted by molar-refractivity contribution is -0.137. The minimum atomic E-state index is -0.378. The first-order valence-corrected chi connectivity index (χ1v) is 10.8. The molecule has 0 bridgehead atoms. The van der Waals surface area contributed by atoms with E-state index in [1.165, 1.54) is 22.6 Å². The van der Waals surface area contributed by atoms with Crippen molar-refractivity contribution in [3.63, 3.8) is 0 Å². The molecule has 162 valence electrons. The number of ether oxygens (including phenoxy) is 1. The van der Waals surface area contributed by atoms with E-state index < -0.39 is 0 Å². The predicted molar refractivity (Wildman–Crippen MR) is 116 cm³/mol. The van der Waals surface area contributed by atoms with Gasteiger partial charge in [0.25, 0.3) is 11.8 Å².